The van der Waals surface area contributed by atoms with Gasteiger partial charge >= 0.3 is 0 Å². The van der Waals surface area contributed by atoms with Gasteiger partial charge in [0.05, 0.1) is 5.02 Å². The molecular weight excluding hydrogens is 339 g/mol. The fraction of sp³-hybridized carbons (Fsp3) is 0.125. The third-order valence-electron chi connectivity index (χ3n) is 2.62. The Kier molecular flexibility index (Phi) is 6.26. The molecule has 1 N–H and O–H groups in total. The van der Waals surface area contributed by atoms with Gasteiger partial charge in [0.2, 0.25) is 0 Å². The van der Waals surface area contributed by atoms with Crippen LogP contribution in [0, 0.1) is 6.92 Å². The van der Waals surface area contributed by atoms with Crippen LogP contribution in [-0.4, -0.2) is 18.7 Å². The average molecular weight is 353 g/mol. The first kappa shape index (κ1) is 17.1. The lowest BCUT2D eigenvalue weighted by atomic mass is 10.3. The van der Waals surface area contributed by atoms with Crippen LogP contribution in [0.2, 0.25) is 10.0 Å². The van der Waals surface area contributed by atoms with Crippen LogP contribution in [0.25, 0.3) is 6.08 Å². The van der Waals surface area contributed by atoms with Gasteiger partial charge in [-0.25, -0.2) is 5.43 Å². The Hall–Kier alpha value is -2.24. The van der Waals surface area contributed by atoms with Gasteiger partial charge in [0.15, 0.2) is 6.61 Å². The molecule has 0 saturated heterocycles. The smallest absolute Gasteiger partial charge is 0.277 e. The summed E-state index contributed by atoms with van der Waals surface area (Å²) in [6, 6.07) is 8.45. The molecular formula is C16H14Cl2N2O3. The van der Waals surface area contributed by atoms with Crippen molar-refractivity contribution in [2.45, 2.75) is 6.92 Å². The largest absolute Gasteiger partial charge is 0.482 e. The van der Waals surface area contributed by atoms with Crippen molar-refractivity contribution in [3.05, 3.63) is 58.0 Å². The number of nitrogens with zero attached hydrogens (tertiary/aromatic N) is 1. The summed E-state index contributed by atoms with van der Waals surface area (Å²) in [5, 5.41) is 4.59. The Labute approximate surface area is 143 Å². The van der Waals surface area contributed by atoms with Gasteiger partial charge in [0.25, 0.3) is 5.91 Å². The molecule has 0 fully saturated rings. The van der Waals surface area contributed by atoms with E-state index in [1.807, 2.05) is 19.1 Å². The second kappa shape index (κ2) is 8.41. The van der Waals surface area contributed by atoms with Crippen molar-refractivity contribution in [1.29, 1.82) is 0 Å². The number of nitrogens with one attached hydrogen (secondary N) is 1. The molecule has 0 spiro atoms. The van der Waals surface area contributed by atoms with E-state index in [1.54, 1.807) is 24.3 Å². The maximum Gasteiger partial charge on any atom is 0.277 e. The zero-order chi connectivity index (χ0) is 16.7. The number of carbonyl (C=O) groups is 1. The van der Waals surface area contributed by atoms with Crippen LogP contribution in [0.4, 0.5) is 0 Å². The number of carbonyl (C=O) groups excluding carboxylic acids is 1. The molecule has 5 nitrogen and oxygen atoms in total. The van der Waals surface area contributed by atoms with Crippen molar-refractivity contribution in [3.63, 3.8) is 0 Å². The van der Waals surface area contributed by atoms with Gasteiger partial charge in [0.1, 0.15) is 17.3 Å². The lowest BCUT2D eigenvalue weighted by molar-refractivity contribution is -0.123. The van der Waals surface area contributed by atoms with E-state index in [2.05, 4.69) is 10.5 Å². The van der Waals surface area contributed by atoms with Crippen LogP contribution in [0.1, 0.15) is 11.5 Å². The molecule has 1 aromatic carbocycles. The normalized spacial score (nSPS) is 11.3. The second-order valence-corrected chi connectivity index (χ2v) is 5.33. The number of hydrazone groups is 1. The highest BCUT2D eigenvalue weighted by atomic mass is 35.5. The number of allylic oxidation sites excluding steroid dienone is 1. The number of ether oxygens (including phenoxy) is 1. The molecule has 23 heavy (non-hydrogen) atoms. The molecule has 2 rings (SSSR count). The predicted octanol–water partition coefficient (Wildman–Crippen LogP) is 4.09. The summed E-state index contributed by atoms with van der Waals surface area (Å²) in [6.07, 6.45) is 4.81. The molecule has 0 radical (unpaired) electrons. The summed E-state index contributed by atoms with van der Waals surface area (Å²) < 4.78 is 10.6. The number of benzene rings is 1. The van der Waals surface area contributed by atoms with Gasteiger partial charge in [-0.1, -0.05) is 23.2 Å². The van der Waals surface area contributed by atoms with Crippen LogP contribution in [-0.2, 0) is 4.79 Å². The highest BCUT2D eigenvalue weighted by molar-refractivity contribution is 6.35. The summed E-state index contributed by atoms with van der Waals surface area (Å²) in [5.74, 6) is 1.51. The first-order valence-electron chi connectivity index (χ1n) is 6.67. The van der Waals surface area contributed by atoms with E-state index in [9.17, 15) is 4.79 Å². The number of halogens is 2. The number of amides is 1. The number of furan rings is 1. The van der Waals surface area contributed by atoms with Gasteiger partial charge in [-0.15, -0.1) is 0 Å². The zero-order valence-corrected chi connectivity index (χ0v) is 13.8. The standard InChI is InChI=1S/C16H14Cl2N2O3/c1-11-4-6-13(23-11)3-2-8-19-20-16(21)10-22-15-7-5-12(17)9-14(15)18/h2-9H,10H2,1H3,(H,20,21)/b3-2+,19-8-. The summed E-state index contributed by atoms with van der Waals surface area (Å²) in [7, 11) is 0. The molecule has 0 unspecified atom stereocenters. The molecule has 0 atom stereocenters. The molecule has 0 bridgehead atoms. The first-order chi connectivity index (χ1) is 11.0. The van der Waals surface area contributed by atoms with Crippen LogP contribution in [0.15, 0.2) is 45.9 Å². The SMILES string of the molecule is Cc1ccc(/C=C/C=N\NC(=O)COc2ccc(Cl)cc2Cl)o1. The monoisotopic (exact) mass is 352 g/mol. The van der Waals surface area contributed by atoms with Gasteiger partial charge in [0, 0.05) is 11.2 Å². The number of rotatable bonds is 6. The highest BCUT2D eigenvalue weighted by Gasteiger charge is 2.05. The van der Waals surface area contributed by atoms with Crippen molar-refractivity contribution in [2.75, 3.05) is 6.61 Å². The maximum atomic E-state index is 11.6. The Morgan fingerprint density at radius 1 is 1.35 bits per heavy atom. The maximum absolute atomic E-state index is 11.6. The second-order valence-electron chi connectivity index (χ2n) is 4.48. The minimum absolute atomic E-state index is 0.209. The van der Waals surface area contributed by atoms with Crippen molar-refractivity contribution in [2.24, 2.45) is 5.10 Å². The number of hydrogen-bond donors (Lipinski definition) is 1. The van der Waals surface area contributed by atoms with Crippen molar-refractivity contribution in [1.82, 2.24) is 5.43 Å². The van der Waals surface area contributed by atoms with E-state index in [-0.39, 0.29) is 6.61 Å². The van der Waals surface area contributed by atoms with E-state index in [1.165, 1.54) is 12.3 Å². The van der Waals surface area contributed by atoms with Crippen LogP contribution < -0.4 is 10.2 Å². The van der Waals surface area contributed by atoms with Gasteiger partial charge in [-0.05, 0) is 49.4 Å². The molecule has 0 saturated carbocycles. The number of hydrogen-bond acceptors (Lipinski definition) is 4. The fourth-order valence-electron chi connectivity index (χ4n) is 1.60. The topological polar surface area (TPSA) is 63.8 Å². The van der Waals surface area contributed by atoms with Crippen molar-refractivity contribution >= 4 is 41.4 Å². The van der Waals surface area contributed by atoms with Gasteiger partial charge < -0.3 is 9.15 Å². The lowest BCUT2D eigenvalue weighted by Crippen LogP contribution is -2.24. The third kappa shape index (κ3) is 5.81. The molecule has 1 amide bonds. The molecule has 2 aromatic rings. The lowest BCUT2D eigenvalue weighted by Gasteiger charge is -2.06. The van der Waals surface area contributed by atoms with Gasteiger partial charge in [-0.2, -0.15) is 5.10 Å². The summed E-state index contributed by atoms with van der Waals surface area (Å²) >= 11 is 11.7. The van der Waals surface area contributed by atoms with Crippen molar-refractivity contribution in [3.8, 4) is 5.75 Å². The zero-order valence-electron chi connectivity index (χ0n) is 12.3. The Balaban J connectivity index is 1.74. The molecule has 1 aromatic heterocycles. The fourth-order valence-corrected chi connectivity index (χ4v) is 2.06. The summed E-state index contributed by atoms with van der Waals surface area (Å²) in [4.78, 5) is 11.6. The quantitative estimate of drug-likeness (QED) is 0.628. The van der Waals surface area contributed by atoms with Crippen LogP contribution in [0.5, 0.6) is 5.75 Å². The van der Waals surface area contributed by atoms with E-state index >= 15 is 0 Å². The van der Waals surface area contributed by atoms with E-state index < -0.39 is 5.91 Å². The molecule has 7 heteroatoms. The minimum Gasteiger partial charge on any atom is -0.482 e. The minimum atomic E-state index is -0.408. The molecule has 1 heterocycles. The Bertz CT molecular complexity index is 739. The van der Waals surface area contributed by atoms with Crippen molar-refractivity contribution < 1.29 is 13.9 Å². The molecule has 120 valence electrons. The first-order valence-corrected chi connectivity index (χ1v) is 7.43. The highest BCUT2D eigenvalue weighted by Crippen LogP contribution is 2.27. The summed E-state index contributed by atoms with van der Waals surface area (Å²) in [5.41, 5.74) is 2.33. The summed E-state index contributed by atoms with van der Waals surface area (Å²) in [6.45, 7) is 1.65. The third-order valence-corrected chi connectivity index (χ3v) is 3.15. The molecule has 0 aliphatic heterocycles. The van der Waals surface area contributed by atoms with E-state index in [4.69, 9.17) is 32.4 Å². The molecule has 0 aliphatic carbocycles. The number of aryl methyl sites for hydroxylation is 1. The Morgan fingerprint density at radius 3 is 2.87 bits per heavy atom. The predicted molar refractivity (Wildman–Crippen MR) is 91.1 cm³/mol. The Morgan fingerprint density at radius 2 is 2.17 bits per heavy atom. The van der Waals surface area contributed by atoms with Crippen LogP contribution >= 0.6 is 23.2 Å². The van der Waals surface area contributed by atoms with E-state index in [0.29, 0.717) is 21.6 Å². The van der Waals surface area contributed by atoms with Gasteiger partial charge in [-0.3, -0.25) is 4.79 Å². The van der Waals surface area contributed by atoms with Crippen LogP contribution in [0.3, 0.4) is 0 Å². The molecule has 0 aliphatic rings. The van der Waals surface area contributed by atoms with E-state index in [0.717, 1.165) is 5.76 Å². The average Bonchev–Trinajstić information content (AvgIpc) is 2.91.